The summed E-state index contributed by atoms with van der Waals surface area (Å²) in [5.74, 6) is 2.82. The van der Waals surface area contributed by atoms with Crippen LogP contribution in [0.5, 0.6) is 0 Å². The van der Waals surface area contributed by atoms with Crippen molar-refractivity contribution in [3.63, 3.8) is 0 Å². The summed E-state index contributed by atoms with van der Waals surface area (Å²) in [7, 11) is 1.74. The number of nitrogens with two attached hydrogens (primary N) is 1. The molecule has 4 aliphatic carbocycles. The van der Waals surface area contributed by atoms with Gasteiger partial charge in [-0.05, 0) is 61.7 Å². The van der Waals surface area contributed by atoms with Crippen molar-refractivity contribution < 1.29 is 10.0 Å². The summed E-state index contributed by atoms with van der Waals surface area (Å²) in [5, 5.41) is 11.5. The van der Waals surface area contributed by atoms with Gasteiger partial charge in [0, 0.05) is 13.5 Å². The largest absolute Gasteiger partial charge is 0.409 e. The first-order chi connectivity index (χ1) is 9.49. The fourth-order valence-electron chi connectivity index (χ4n) is 5.33. The van der Waals surface area contributed by atoms with E-state index in [2.05, 4.69) is 5.16 Å². The lowest BCUT2D eigenvalue weighted by Gasteiger charge is -2.56. The van der Waals surface area contributed by atoms with Crippen molar-refractivity contribution in [3.05, 3.63) is 0 Å². The van der Waals surface area contributed by atoms with Gasteiger partial charge in [-0.3, -0.25) is 4.79 Å². The SMILES string of the molecule is CN(CC(N)=NO)C(=O)CC12CC3CC(CC(C3)C1)C2. The zero-order valence-electron chi connectivity index (χ0n) is 12.2. The number of oxime groups is 1. The van der Waals surface area contributed by atoms with Crippen LogP contribution < -0.4 is 5.73 Å². The highest BCUT2D eigenvalue weighted by atomic mass is 16.4. The van der Waals surface area contributed by atoms with Crippen molar-refractivity contribution in [1.82, 2.24) is 4.90 Å². The Morgan fingerprint density at radius 1 is 1.25 bits per heavy atom. The van der Waals surface area contributed by atoms with Crippen molar-refractivity contribution in [2.75, 3.05) is 13.6 Å². The number of amides is 1. The quantitative estimate of drug-likeness (QED) is 0.356. The first-order valence-corrected chi connectivity index (χ1v) is 7.70. The van der Waals surface area contributed by atoms with Gasteiger partial charge >= 0.3 is 0 Å². The molecule has 0 aromatic heterocycles. The van der Waals surface area contributed by atoms with E-state index >= 15 is 0 Å². The predicted octanol–water partition coefficient (Wildman–Crippen LogP) is 1.80. The summed E-state index contributed by atoms with van der Waals surface area (Å²) in [5.41, 5.74) is 5.73. The molecular formula is C15H25N3O2. The number of hydrogen-bond donors (Lipinski definition) is 2. The Kier molecular flexibility index (Phi) is 3.38. The van der Waals surface area contributed by atoms with Gasteiger partial charge in [0.1, 0.15) is 0 Å². The average Bonchev–Trinajstić information content (AvgIpc) is 2.36. The van der Waals surface area contributed by atoms with Crippen LogP contribution in [0.2, 0.25) is 0 Å². The van der Waals surface area contributed by atoms with Gasteiger partial charge in [-0.25, -0.2) is 0 Å². The molecule has 0 aromatic carbocycles. The summed E-state index contributed by atoms with van der Waals surface area (Å²) in [6, 6.07) is 0. The second-order valence-electron chi connectivity index (χ2n) is 7.44. The van der Waals surface area contributed by atoms with Crippen LogP contribution in [0.3, 0.4) is 0 Å². The molecule has 0 aliphatic heterocycles. The molecule has 0 aromatic rings. The van der Waals surface area contributed by atoms with E-state index in [1.165, 1.54) is 38.5 Å². The Morgan fingerprint density at radius 2 is 1.75 bits per heavy atom. The summed E-state index contributed by atoms with van der Waals surface area (Å²) < 4.78 is 0. The lowest BCUT2D eigenvalue weighted by atomic mass is 9.49. The Labute approximate surface area is 120 Å². The smallest absolute Gasteiger partial charge is 0.223 e. The van der Waals surface area contributed by atoms with E-state index < -0.39 is 0 Å². The van der Waals surface area contributed by atoms with Crippen LogP contribution in [0.15, 0.2) is 5.16 Å². The van der Waals surface area contributed by atoms with E-state index in [-0.39, 0.29) is 23.7 Å². The minimum absolute atomic E-state index is 0.0892. The Hall–Kier alpha value is -1.26. The third-order valence-electron chi connectivity index (χ3n) is 5.64. The number of likely N-dealkylation sites (N-methyl/N-ethyl adjacent to an activating group) is 1. The minimum atomic E-state index is 0.0892. The van der Waals surface area contributed by atoms with Gasteiger partial charge in [-0.2, -0.15) is 0 Å². The molecule has 4 fully saturated rings. The number of carbonyl (C=O) groups excluding carboxylic acids is 1. The van der Waals surface area contributed by atoms with E-state index in [1.54, 1.807) is 11.9 Å². The minimum Gasteiger partial charge on any atom is -0.409 e. The fraction of sp³-hybridized carbons (Fsp3) is 0.867. The van der Waals surface area contributed by atoms with Gasteiger partial charge in [0.15, 0.2) is 5.84 Å². The highest BCUT2D eigenvalue weighted by Crippen LogP contribution is 2.61. The maximum absolute atomic E-state index is 12.4. The van der Waals surface area contributed by atoms with Crippen LogP contribution in [0.25, 0.3) is 0 Å². The highest BCUT2D eigenvalue weighted by molar-refractivity contribution is 5.86. The summed E-state index contributed by atoms with van der Waals surface area (Å²) in [6.45, 7) is 0.210. The number of rotatable bonds is 4. The standard InChI is InChI=1S/C15H25N3O2/c1-18(9-13(16)17-20)14(19)8-15-5-10-2-11(6-15)4-12(3-10)7-15/h10-12,20H,2-9H2,1H3,(H2,16,17). The van der Waals surface area contributed by atoms with E-state index in [0.29, 0.717) is 6.42 Å². The normalized spacial score (nSPS) is 39.0. The van der Waals surface area contributed by atoms with Crippen molar-refractivity contribution in [2.24, 2.45) is 34.1 Å². The van der Waals surface area contributed by atoms with Crippen LogP contribution in [-0.4, -0.2) is 35.4 Å². The van der Waals surface area contributed by atoms with Crippen LogP contribution >= 0.6 is 0 Å². The van der Waals surface area contributed by atoms with E-state index in [0.717, 1.165) is 17.8 Å². The summed E-state index contributed by atoms with van der Waals surface area (Å²) in [4.78, 5) is 14.0. The number of nitrogens with zero attached hydrogens (tertiary/aromatic N) is 2. The van der Waals surface area contributed by atoms with Crippen LogP contribution in [0, 0.1) is 23.2 Å². The molecule has 0 unspecified atom stereocenters. The molecule has 4 bridgehead atoms. The Morgan fingerprint density at radius 3 is 2.20 bits per heavy atom. The number of hydrogen-bond acceptors (Lipinski definition) is 3. The zero-order chi connectivity index (χ0) is 14.3. The molecule has 0 heterocycles. The van der Waals surface area contributed by atoms with Gasteiger partial charge < -0.3 is 15.8 Å². The maximum atomic E-state index is 12.4. The lowest BCUT2D eigenvalue weighted by Crippen LogP contribution is -2.48. The maximum Gasteiger partial charge on any atom is 0.223 e. The third kappa shape index (κ3) is 2.50. The van der Waals surface area contributed by atoms with Gasteiger partial charge in [0.05, 0.1) is 6.54 Å². The molecule has 5 nitrogen and oxygen atoms in total. The molecule has 4 aliphatic rings. The van der Waals surface area contributed by atoms with E-state index in [9.17, 15) is 4.79 Å². The predicted molar refractivity (Wildman–Crippen MR) is 76.3 cm³/mol. The Bertz CT molecular complexity index is 398. The lowest BCUT2D eigenvalue weighted by molar-refractivity contribution is -0.137. The van der Waals surface area contributed by atoms with E-state index in [1.807, 2.05) is 0 Å². The van der Waals surface area contributed by atoms with Crippen molar-refractivity contribution in [1.29, 1.82) is 0 Å². The molecular weight excluding hydrogens is 254 g/mol. The van der Waals surface area contributed by atoms with Crippen LogP contribution in [0.4, 0.5) is 0 Å². The van der Waals surface area contributed by atoms with Crippen LogP contribution in [0.1, 0.15) is 44.9 Å². The van der Waals surface area contributed by atoms with Gasteiger partial charge in [0.25, 0.3) is 0 Å². The molecule has 5 heteroatoms. The van der Waals surface area contributed by atoms with Crippen LogP contribution in [-0.2, 0) is 4.79 Å². The first-order valence-electron chi connectivity index (χ1n) is 7.70. The second-order valence-corrected chi connectivity index (χ2v) is 7.44. The Balaban J connectivity index is 1.64. The zero-order valence-corrected chi connectivity index (χ0v) is 12.2. The molecule has 0 spiro atoms. The third-order valence-corrected chi connectivity index (χ3v) is 5.64. The van der Waals surface area contributed by atoms with Gasteiger partial charge in [-0.15, -0.1) is 0 Å². The van der Waals surface area contributed by atoms with Gasteiger partial charge in [0.2, 0.25) is 5.91 Å². The summed E-state index contributed by atoms with van der Waals surface area (Å²) in [6.07, 6.45) is 8.55. The molecule has 0 radical (unpaired) electrons. The van der Waals surface area contributed by atoms with Crippen molar-refractivity contribution in [2.45, 2.75) is 44.9 Å². The summed E-state index contributed by atoms with van der Waals surface area (Å²) >= 11 is 0. The second kappa shape index (κ2) is 4.93. The first kappa shape index (κ1) is 13.7. The topological polar surface area (TPSA) is 78.9 Å². The molecule has 0 saturated heterocycles. The average molecular weight is 279 g/mol. The van der Waals surface area contributed by atoms with Crippen molar-refractivity contribution >= 4 is 11.7 Å². The number of carbonyl (C=O) groups is 1. The molecule has 112 valence electrons. The fourth-order valence-corrected chi connectivity index (χ4v) is 5.33. The van der Waals surface area contributed by atoms with Gasteiger partial charge in [-0.1, -0.05) is 5.16 Å². The molecule has 1 amide bonds. The van der Waals surface area contributed by atoms with E-state index in [4.69, 9.17) is 10.9 Å². The van der Waals surface area contributed by atoms with Crippen molar-refractivity contribution in [3.8, 4) is 0 Å². The highest BCUT2D eigenvalue weighted by Gasteiger charge is 2.51. The molecule has 0 atom stereocenters. The monoisotopic (exact) mass is 279 g/mol. The molecule has 3 N–H and O–H groups in total. The molecule has 4 saturated carbocycles. The molecule has 20 heavy (non-hydrogen) atoms. The molecule has 4 rings (SSSR count). The number of amidine groups is 1.